The van der Waals surface area contributed by atoms with Crippen molar-refractivity contribution in [1.82, 2.24) is 18.3 Å². The minimum absolute atomic E-state index is 0.00508. The fourth-order valence-corrected chi connectivity index (χ4v) is 7.30. The number of rotatable bonds is 8. The number of alkyl halides is 1. The number of hydrogen-bond acceptors (Lipinski definition) is 5. The molecule has 8 nitrogen and oxygen atoms in total. The number of nitrogens with zero attached hydrogens (tertiary/aromatic N) is 4. The van der Waals surface area contributed by atoms with Crippen molar-refractivity contribution in [1.29, 1.82) is 0 Å². The molecule has 2 aliphatic heterocycles. The normalized spacial score (nSPS) is 18.1. The average Bonchev–Trinajstić information content (AvgIpc) is 3.24. The molecular formula is C25H27Cl2FN4O4S. The smallest absolute Gasteiger partial charge is 0.303 e. The number of imidazole rings is 1. The summed E-state index contributed by atoms with van der Waals surface area (Å²) in [6.07, 6.45) is 2.82. The quantitative estimate of drug-likeness (QED) is 0.377. The second-order valence-corrected chi connectivity index (χ2v) is 12.1. The molecule has 0 spiro atoms. The Balaban J connectivity index is 1.17. The molecule has 1 aromatic heterocycles. The lowest BCUT2D eigenvalue weighted by Gasteiger charge is -2.32. The van der Waals surface area contributed by atoms with Crippen molar-refractivity contribution < 1.29 is 17.6 Å². The van der Waals surface area contributed by atoms with Gasteiger partial charge in [-0.05, 0) is 68.6 Å². The fraction of sp³-hybridized carbons (Fsp3) is 0.440. The van der Waals surface area contributed by atoms with E-state index in [1.807, 2.05) is 6.07 Å². The third-order valence-electron chi connectivity index (χ3n) is 7.21. The highest BCUT2D eigenvalue weighted by molar-refractivity contribution is 7.90. The number of benzene rings is 2. The molecule has 1 saturated heterocycles. The lowest BCUT2D eigenvalue weighted by Crippen LogP contribution is -2.38. The summed E-state index contributed by atoms with van der Waals surface area (Å²) < 4.78 is 42.8. The van der Waals surface area contributed by atoms with Crippen molar-refractivity contribution in [2.24, 2.45) is 0 Å². The zero-order chi connectivity index (χ0) is 26.3. The average molecular weight is 569 g/mol. The van der Waals surface area contributed by atoms with Gasteiger partial charge in [-0.15, -0.1) is 0 Å². The maximum absolute atomic E-state index is 13.1. The standard InChI is InChI=1S/C25H27Cl2FN4O4S/c26-17-4-6-23-20(15-17)24(33)31(37(23,35)36)11-2-1-10-29-12-7-19(8-13-29)32-21-5-3-18(27)16-22(21)30(14-9-28)25(32)34/h3-6,15-16,19H,1-2,7-14H2. The Morgan fingerprint density at radius 3 is 2.30 bits per heavy atom. The molecule has 12 heteroatoms. The van der Waals surface area contributed by atoms with E-state index in [2.05, 4.69) is 4.90 Å². The number of amides is 1. The zero-order valence-corrected chi connectivity index (χ0v) is 22.4. The first kappa shape index (κ1) is 26.2. The highest BCUT2D eigenvalue weighted by Gasteiger charge is 2.40. The van der Waals surface area contributed by atoms with Gasteiger partial charge in [0.1, 0.15) is 11.6 Å². The Morgan fingerprint density at radius 1 is 0.892 bits per heavy atom. The Kier molecular flexibility index (Phi) is 7.37. The highest BCUT2D eigenvalue weighted by Crippen LogP contribution is 2.32. The topological polar surface area (TPSA) is 84.6 Å². The molecule has 1 amide bonds. The number of likely N-dealkylation sites (tertiary alicyclic amines) is 1. The Bertz CT molecular complexity index is 1510. The van der Waals surface area contributed by atoms with Crippen LogP contribution in [0.25, 0.3) is 11.0 Å². The molecule has 3 heterocycles. The summed E-state index contributed by atoms with van der Waals surface area (Å²) in [5, 5.41) is 0.828. The van der Waals surface area contributed by atoms with Crippen LogP contribution in [-0.4, -0.2) is 65.5 Å². The molecule has 0 radical (unpaired) electrons. The van der Waals surface area contributed by atoms with Gasteiger partial charge in [-0.3, -0.25) is 13.9 Å². The molecule has 0 aliphatic carbocycles. The number of aromatic nitrogens is 2. The lowest BCUT2D eigenvalue weighted by molar-refractivity contribution is 0.0868. The van der Waals surface area contributed by atoms with Crippen molar-refractivity contribution in [3.05, 3.63) is 62.5 Å². The first-order chi connectivity index (χ1) is 17.7. The van der Waals surface area contributed by atoms with Gasteiger partial charge in [0.15, 0.2) is 0 Å². The van der Waals surface area contributed by atoms with Gasteiger partial charge in [0, 0.05) is 35.7 Å². The van der Waals surface area contributed by atoms with Crippen LogP contribution in [0.4, 0.5) is 4.39 Å². The minimum Gasteiger partial charge on any atom is -0.303 e. The number of halogens is 3. The maximum Gasteiger partial charge on any atom is 0.329 e. The number of sulfonamides is 1. The van der Waals surface area contributed by atoms with E-state index in [9.17, 15) is 22.4 Å². The van der Waals surface area contributed by atoms with Crippen molar-refractivity contribution in [2.75, 3.05) is 32.9 Å². The molecule has 198 valence electrons. The largest absolute Gasteiger partial charge is 0.329 e. The molecule has 3 aromatic rings. The number of fused-ring (bicyclic) bond motifs is 2. The van der Waals surface area contributed by atoms with Crippen molar-refractivity contribution in [3.8, 4) is 0 Å². The van der Waals surface area contributed by atoms with Gasteiger partial charge < -0.3 is 4.90 Å². The van der Waals surface area contributed by atoms with Crippen LogP contribution in [0.5, 0.6) is 0 Å². The molecule has 0 bridgehead atoms. The molecule has 0 N–H and O–H groups in total. The number of carbonyl (C=O) groups is 1. The van der Waals surface area contributed by atoms with Gasteiger partial charge in [-0.2, -0.15) is 0 Å². The molecule has 2 aliphatic rings. The number of aryl methyl sites for hydroxylation is 1. The Morgan fingerprint density at radius 2 is 1.57 bits per heavy atom. The first-order valence-electron chi connectivity index (χ1n) is 12.3. The van der Waals surface area contributed by atoms with Gasteiger partial charge in [0.05, 0.1) is 23.1 Å². The molecular weight excluding hydrogens is 542 g/mol. The monoisotopic (exact) mass is 568 g/mol. The van der Waals surface area contributed by atoms with E-state index in [1.54, 1.807) is 16.7 Å². The van der Waals surface area contributed by atoms with Crippen molar-refractivity contribution in [2.45, 2.75) is 43.2 Å². The van der Waals surface area contributed by atoms with Crippen molar-refractivity contribution >= 4 is 50.2 Å². The number of piperidine rings is 1. The molecule has 0 atom stereocenters. The lowest BCUT2D eigenvalue weighted by atomic mass is 10.0. The number of hydrogen-bond donors (Lipinski definition) is 0. The summed E-state index contributed by atoms with van der Waals surface area (Å²) in [5.41, 5.74) is 1.32. The molecule has 37 heavy (non-hydrogen) atoms. The van der Waals surface area contributed by atoms with Crippen LogP contribution in [0.1, 0.15) is 42.1 Å². The van der Waals surface area contributed by atoms with Crippen LogP contribution < -0.4 is 5.69 Å². The highest BCUT2D eigenvalue weighted by atomic mass is 35.5. The fourth-order valence-electron chi connectivity index (χ4n) is 5.38. The van der Waals surface area contributed by atoms with E-state index in [0.29, 0.717) is 22.0 Å². The van der Waals surface area contributed by atoms with Crippen LogP contribution in [0.15, 0.2) is 46.1 Å². The third kappa shape index (κ3) is 4.80. The van der Waals surface area contributed by atoms with Crippen LogP contribution >= 0.6 is 23.2 Å². The SMILES string of the molecule is O=C1c2cc(Cl)ccc2S(=O)(=O)N1CCCCN1CCC(n2c(=O)n(CCF)c3cc(Cl)ccc32)CC1. The predicted octanol–water partition coefficient (Wildman–Crippen LogP) is 4.34. The second kappa shape index (κ2) is 10.4. The van der Waals surface area contributed by atoms with E-state index < -0.39 is 22.6 Å². The van der Waals surface area contributed by atoms with Crippen LogP contribution in [-0.2, 0) is 16.6 Å². The minimum atomic E-state index is -3.84. The van der Waals surface area contributed by atoms with Gasteiger partial charge >= 0.3 is 5.69 Å². The molecule has 0 unspecified atom stereocenters. The van der Waals surface area contributed by atoms with Crippen LogP contribution in [0.2, 0.25) is 10.0 Å². The number of unbranched alkanes of at least 4 members (excludes halogenated alkanes) is 1. The zero-order valence-electron chi connectivity index (χ0n) is 20.1. The third-order valence-corrected chi connectivity index (χ3v) is 9.52. The molecule has 1 fully saturated rings. The number of carbonyl (C=O) groups excluding carboxylic acids is 1. The first-order valence-corrected chi connectivity index (χ1v) is 14.5. The van der Waals surface area contributed by atoms with E-state index in [1.165, 1.54) is 22.8 Å². The Labute approximate surface area is 224 Å². The van der Waals surface area contributed by atoms with Crippen LogP contribution in [0, 0.1) is 0 Å². The van der Waals surface area contributed by atoms with E-state index in [0.717, 1.165) is 48.7 Å². The second-order valence-electron chi connectivity index (χ2n) is 9.43. The van der Waals surface area contributed by atoms with E-state index >= 15 is 0 Å². The van der Waals surface area contributed by atoms with Gasteiger partial charge in [0.25, 0.3) is 15.9 Å². The summed E-state index contributed by atoms with van der Waals surface area (Å²) in [7, 11) is -3.84. The van der Waals surface area contributed by atoms with Crippen molar-refractivity contribution in [3.63, 3.8) is 0 Å². The summed E-state index contributed by atoms with van der Waals surface area (Å²) in [6.45, 7) is 1.82. The molecule has 2 aromatic carbocycles. The van der Waals surface area contributed by atoms with Crippen LogP contribution in [0.3, 0.4) is 0 Å². The van der Waals surface area contributed by atoms with Gasteiger partial charge in [0.2, 0.25) is 0 Å². The van der Waals surface area contributed by atoms with E-state index in [-0.39, 0.29) is 35.3 Å². The predicted molar refractivity (Wildman–Crippen MR) is 141 cm³/mol. The summed E-state index contributed by atoms with van der Waals surface area (Å²) in [6, 6.07) is 9.52. The van der Waals surface area contributed by atoms with Gasteiger partial charge in [-0.1, -0.05) is 23.2 Å². The van der Waals surface area contributed by atoms with Gasteiger partial charge in [-0.25, -0.2) is 21.9 Å². The summed E-state index contributed by atoms with van der Waals surface area (Å²) in [5.74, 6) is -0.531. The Hall–Kier alpha value is -2.40. The molecule has 5 rings (SSSR count). The van der Waals surface area contributed by atoms with E-state index in [4.69, 9.17) is 23.2 Å². The summed E-state index contributed by atoms with van der Waals surface area (Å²) >= 11 is 12.1. The summed E-state index contributed by atoms with van der Waals surface area (Å²) in [4.78, 5) is 28.0. The molecule has 0 saturated carbocycles. The maximum atomic E-state index is 13.1.